The molecule has 0 bridgehead atoms. The molecule has 0 saturated carbocycles. The van der Waals surface area contributed by atoms with E-state index in [2.05, 4.69) is 42.2 Å². The number of hydrogen-bond donors (Lipinski definition) is 0. The maximum absolute atomic E-state index is 12.6. The molecule has 1 fully saturated rings. The van der Waals surface area contributed by atoms with Gasteiger partial charge in [0.1, 0.15) is 6.04 Å². The van der Waals surface area contributed by atoms with Gasteiger partial charge in [0.25, 0.3) is 0 Å². The Morgan fingerprint density at radius 1 is 1.39 bits per heavy atom. The summed E-state index contributed by atoms with van der Waals surface area (Å²) in [5.74, 6) is 0.604. The van der Waals surface area contributed by atoms with E-state index in [0.29, 0.717) is 32.0 Å². The molecule has 6 nitrogen and oxygen atoms in total. The highest BCUT2D eigenvalue weighted by atomic mass is 16.5. The number of benzene rings is 1. The number of morpholine rings is 1. The third-order valence-corrected chi connectivity index (χ3v) is 4.23. The lowest BCUT2D eigenvalue weighted by Gasteiger charge is -2.33. The van der Waals surface area contributed by atoms with Crippen molar-refractivity contribution < 1.29 is 14.1 Å². The van der Waals surface area contributed by atoms with Crippen molar-refractivity contribution in [1.82, 2.24) is 15.0 Å². The fourth-order valence-corrected chi connectivity index (χ4v) is 2.95. The Morgan fingerprint density at radius 3 is 3.00 bits per heavy atom. The second kappa shape index (κ2) is 6.91. The Bertz CT molecular complexity index is 670. The summed E-state index contributed by atoms with van der Waals surface area (Å²) in [6.07, 6.45) is 2.49. The van der Waals surface area contributed by atoms with Gasteiger partial charge >= 0.3 is 0 Å². The highest BCUT2D eigenvalue weighted by Crippen LogP contribution is 2.23. The molecule has 2 aromatic rings. The molecule has 6 heteroatoms. The number of rotatable bonds is 4. The van der Waals surface area contributed by atoms with Gasteiger partial charge in [-0.3, -0.25) is 4.79 Å². The molecule has 23 heavy (non-hydrogen) atoms. The number of carbonyl (C=O) groups is 1. The molecule has 0 N–H and O–H groups in total. The van der Waals surface area contributed by atoms with Crippen LogP contribution < -0.4 is 0 Å². The van der Waals surface area contributed by atoms with Crippen LogP contribution in [-0.4, -0.2) is 40.7 Å². The van der Waals surface area contributed by atoms with Crippen molar-refractivity contribution in [2.45, 2.75) is 32.7 Å². The van der Waals surface area contributed by atoms with Crippen molar-refractivity contribution >= 4 is 5.91 Å². The molecule has 1 aromatic carbocycles. The van der Waals surface area contributed by atoms with E-state index in [0.717, 1.165) is 6.42 Å². The van der Waals surface area contributed by atoms with E-state index in [1.54, 1.807) is 4.90 Å². The first kappa shape index (κ1) is 15.7. The summed E-state index contributed by atoms with van der Waals surface area (Å²) in [6.45, 7) is 5.68. The molecule has 0 radical (unpaired) electrons. The van der Waals surface area contributed by atoms with Gasteiger partial charge in [0.05, 0.1) is 13.2 Å². The van der Waals surface area contributed by atoms with Crippen LogP contribution in [0.3, 0.4) is 0 Å². The Kier molecular flexibility index (Phi) is 4.71. The fraction of sp³-hybridized carbons (Fsp3) is 0.471. The zero-order chi connectivity index (χ0) is 16.2. The molecular formula is C17H21N3O3. The predicted octanol–water partition coefficient (Wildman–Crippen LogP) is 2.22. The molecule has 0 aliphatic carbocycles. The highest BCUT2D eigenvalue weighted by Gasteiger charge is 2.31. The summed E-state index contributed by atoms with van der Waals surface area (Å²) in [6, 6.07) is 6.09. The number of aromatic nitrogens is 2. The van der Waals surface area contributed by atoms with Gasteiger partial charge in [0.15, 0.2) is 5.82 Å². The third kappa shape index (κ3) is 3.59. The molecule has 1 unspecified atom stereocenters. The van der Waals surface area contributed by atoms with Gasteiger partial charge in [-0.05, 0) is 31.4 Å². The summed E-state index contributed by atoms with van der Waals surface area (Å²) in [4.78, 5) is 18.5. The average molecular weight is 315 g/mol. The summed E-state index contributed by atoms with van der Waals surface area (Å²) in [5, 5.41) is 3.85. The number of ether oxygens (including phenoxy) is 1. The Labute approximate surface area is 135 Å². The fourth-order valence-electron chi connectivity index (χ4n) is 2.95. The first-order chi connectivity index (χ1) is 11.1. The van der Waals surface area contributed by atoms with Gasteiger partial charge < -0.3 is 14.2 Å². The van der Waals surface area contributed by atoms with Crippen molar-refractivity contribution in [2.24, 2.45) is 0 Å². The first-order valence-electron chi connectivity index (χ1n) is 7.85. The average Bonchev–Trinajstić information content (AvgIpc) is 3.08. The van der Waals surface area contributed by atoms with Crippen LogP contribution in [-0.2, 0) is 16.0 Å². The normalized spacial score (nSPS) is 18.2. The lowest BCUT2D eigenvalue weighted by atomic mass is 10.0. The lowest BCUT2D eigenvalue weighted by Crippen LogP contribution is -2.43. The molecule has 1 saturated heterocycles. The maximum Gasteiger partial charge on any atom is 0.223 e. The van der Waals surface area contributed by atoms with E-state index in [1.165, 1.54) is 23.1 Å². The number of amides is 1. The first-order valence-corrected chi connectivity index (χ1v) is 7.85. The molecule has 1 atom stereocenters. The zero-order valence-corrected chi connectivity index (χ0v) is 13.5. The second-order valence-corrected chi connectivity index (χ2v) is 5.90. The smallest absolute Gasteiger partial charge is 0.223 e. The van der Waals surface area contributed by atoms with Crippen molar-refractivity contribution in [2.75, 3.05) is 19.8 Å². The van der Waals surface area contributed by atoms with Crippen LogP contribution in [0.4, 0.5) is 0 Å². The van der Waals surface area contributed by atoms with E-state index >= 15 is 0 Å². The Hall–Kier alpha value is -2.21. The highest BCUT2D eigenvalue weighted by molar-refractivity contribution is 5.77. The van der Waals surface area contributed by atoms with Crippen molar-refractivity contribution in [3.63, 3.8) is 0 Å². The minimum absolute atomic E-state index is 0.100. The standard InChI is InChI=1S/C17H21N3O3/c1-12-3-4-14(13(2)9-12)5-6-16(21)20-7-8-22-10-15(20)17-18-11-23-19-17/h3-4,9,11,15H,5-8,10H2,1-2H3. The van der Waals surface area contributed by atoms with Crippen molar-refractivity contribution in [3.05, 3.63) is 47.1 Å². The van der Waals surface area contributed by atoms with E-state index in [4.69, 9.17) is 9.26 Å². The molecular weight excluding hydrogens is 294 g/mol. The van der Waals surface area contributed by atoms with E-state index in [-0.39, 0.29) is 11.9 Å². The lowest BCUT2D eigenvalue weighted by molar-refractivity contribution is -0.140. The van der Waals surface area contributed by atoms with Crippen LogP contribution in [0.1, 0.15) is 35.0 Å². The van der Waals surface area contributed by atoms with Crippen LogP contribution in [0.2, 0.25) is 0 Å². The molecule has 2 heterocycles. The van der Waals surface area contributed by atoms with Crippen LogP contribution in [0, 0.1) is 13.8 Å². The van der Waals surface area contributed by atoms with Crippen LogP contribution >= 0.6 is 0 Å². The minimum Gasteiger partial charge on any atom is -0.377 e. The maximum atomic E-state index is 12.6. The third-order valence-electron chi connectivity index (χ3n) is 4.23. The summed E-state index contributed by atoms with van der Waals surface area (Å²) in [7, 11) is 0. The molecule has 0 spiro atoms. The molecule has 122 valence electrons. The van der Waals surface area contributed by atoms with Crippen LogP contribution in [0.5, 0.6) is 0 Å². The van der Waals surface area contributed by atoms with Gasteiger partial charge in [-0.1, -0.05) is 28.9 Å². The predicted molar refractivity (Wildman–Crippen MR) is 83.8 cm³/mol. The van der Waals surface area contributed by atoms with Gasteiger partial charge in [-0.2, -0.15) is 4.98 Å². The van der Waals surface area contributed by atoms with Gasteiger partial charge in [0.2, 0.25) is 12.3 Å². The Morgan fingerprint density at radius 2 is 2.26 bits per heavy atom. The second-order valence-electron chi connectivity index (χ2n) is 5.90. The SMILES string of the molecule is Cc1ccc(CCC(=O)N2CCOCC2c2ncon2)c(C)c1. The zero-order valence-electron chi connectivity index (χ0n) is 13.5. The summed E-state index contributed by atoms with van der Waals surface area (Å²) < 4.78 is 10.3. The van der Waals surface area contributed by atoms with E-state index in [9.17, 15) is 4.79 Å². The molecule has 1 aromatic heterocycles. The molecule has 1 amide bonds. The van der Waals surface area contributed by atoms with E-state index in [1.807, 2.05) is 0 Å². The van der Waals surface area contributed by atoms with Crippen LogP contribution in [0.25, 0.3) is 0 Å². The number of nitrogens with zero attached hydrogens (tertiary/aromatic N) is 3. The van der Waals surface area contributed by atoms with Crippen molar-refractivity contribution in [3.8, 4) is 0 Å². The largest absolute Gasteiger partial charge is 0.377 e. The Balaban J connectivity index is 1.66. The van der Waals surface area contributed by atoms with Crippen molar-refractivity contribution in [1.29, 1.82) is 0 Å². The molecule has 1 aliphatic heterocycles. The summed E-state index contributed by atoms with van der Waals surface area (Å²) in [5.41, 5.74) is 3.69. The minimum atomic E-state index is -0.255. The number of carbonyl (C=O) groups excluding carboxylic acids is 1. The van der Waals surface area contributed by atoms with Gasteiger partial charge in [-0.15, -0.1) is 0 Å². The number of aryl methyl sites for hydroxylation is 3. The quantitative estimate of drug-likeness (QED) is 0.865. The van der Waals surface area contributed by atoms with Gasteiger partial charge in [-0.25, -0.2) is 0 Å². The molecule has 1 aliphatic rings. The molecule has 3 rings (SSSR count). The monoisotopic (exact) mass is 315 g/mol. The topological polar surface area (TPSA) is 68.5 Å². The summed E-state index contributed by atoms with van der Waals surface area (Å²) >= 11 is 0. The van der Waals surface area contributed by atoms with E-state index < -0.39 is 0 Å². The van der Waals surface area contributed by atoms with Gasteiger partial charge in [0, 0.05) is 13.0 Å². The number of hydrogen-bond acceptors (Lipinski definition) is 5. The van der Waals surface area contributed by atoms with Crippen LogP contribution in [0.15, 0.2) is 29.1 Å².